The molecule has 0 saturated carbocycles. The summed E-state index contributed by atoms with van der Waals surface area (Å²) < 4.78 is 67.7. The number of hydrogen-bond donors (Lipinski definition) is 1. The van der Waals surface area contributed by atoms with Gasteiger partial charge in [0.25, 0.3) is 0 Å². The molecule has 0 amide bonds. The highest BCUT2D eigenvalue weighted by atomic mass is 19.4. The third kappa shape index (κ3) is 4.63. The monoisotopic (exact) mass is 376 g/mol. The minimum absolute atomic E-state index is 0.290. The van der Waals surface area contributed by atoms with E-state index in [0.717, 1.165) is 25.2 Å². The first-order chi connectivity index (χ1) is 12.3. The summed E-state index contributed by atoms with van der Waals surface area (Å²) in [5, 5.41) is 7.57. The van der Waals surface area contributed by atoms with Crippen LogP contribution in [0.3, 0.4) is 0 Å². The van der Waals surface area contributed by atoms with Gasteiger partial charge < -0.3 is 15.0 Å². The lowest BCUT2D eigenvalue weighted by molar-refractivity contribution is -0.274. The van der Waals surface area contributed by atoms with E-state index in [2.05, 4.69) is 15.2 Å². The van der Waals surface area contributed by atoms with Crippen LogP contribution >= 0.6 is 0 Å². The van der Waals surface area contributed by atoms with Gasteiger partial charge in [0.15, 0.2) is 5.82 Å². The van der Waals surface area contributed by atoms with E-state index in [-0.39, 0.29) is 11.4 Å². The van der Waals surface area contributed by atoms with Crippen LogP contribution in [0.4, 0.5) is 27.8 Å². The first-order valence-corrected chi connectivity index (χ1v) is 8.01. The Hall–Kier alpha value is -2.36. The van der Waals surface area contributed by atoms with E-state index in [0.29, 0.717) is 24.6 Å². The van der Waals surface area contributed by atoms with Gasteiger partial charge in [-0.2, -0.15) is 5.10 Å². The summed E-state index contributed by atoms with van der Waals surface area (Å²) >= 11 is 0. The normalized spacial score (nSPS) is 15.5. The Kier molecular flexibility index (Phi) is 5.30. The lowest BCUT2D eigenvalue weighted by atomic mass is 10.2. The fourth-order valence-electron chi connectivity index (χ4n) is 2.77. The molecule has 5 nitrogen and oxygen atoms in total. The van der Waals surface area contributed by atoms with Crippen molar-refractivity contribution in [3.8, 4) is 11.4 Å². The van der Waals surface area contributed by atoms with E-state index < -0.39 is 19.2 Å². The number of hydrogen-bond acceptors (Lipinski definition) is 4. The topological polar surface area (TPSA) is 42.3 Å². The molecule has 1 aliphatic heterocycles. The van der Waals surface area contributed by atoms with Crippen LogP contribution < -0.4 is 15.0 Å². The Morgan fingerprint density at radius 2 is 1.77 bits per heavy atom. The van der Waals surface area contributed by atoms with Gasteiger partial charge in [-0.15, -0.1) is 13.2 Å². The Labute approximate surface area is 146 Å². The first kappa shape index (κ1) is 18.4. The smallest absolute Gasteiger partial charge is 0.406 e. The van der Waals surface area contributed by atoms with E-state index >= 15 is 0 Å². The van der Waals surface area contributed by atoms with Crippen molar-refractivity contribution in [3.05, 3.63) is 36.0 Å². The first-order valence-electron chi connectivity index (χ1n) is 8.01. The number of nitrogens with zero attached hydrogens (tertiary/aromatic N) is 3. The second kappa shape index (κ2) is 7.48. The number of rotatable bonds is 5. The molecule has 1 aliphatic rings. The lowest BCUT2D eigenvalue weighted by Crippen LogP contribution is -2.43. The van der Waals surface area contributed by atoms with Crippen LogP contribution in [0.15, 0.2) is 30.3 Å². The van der Waals surface area contributed by atoms with Crippen molar-refractivity contribution in [1.82, 2.24) is 15.1 Å². The average molecular weight is 376 g/mol. The fraction of sp³-hybridized carbons (Fsp3) is 0.438. The van der Waals surface area contributed by atoms with E-state index in [1.54, 1.807) is 6.07 Å². The summed E-state index contributed by atoms with van der Waals surface area (Å²) in [6.07, 6.45) is -7.85. The molecular formula is C16H17F5N4O. The van der Waals surface area contributed by atoms with Gasteiger partial charge in [0, 0.05) is 32.2 Å². The van der Waals surface area contributed by atoms with Gasteiger partial charge in [0.1, 0.15) is 5.75 Å². The number of nitrogens with one attached hydrogen (secondary N) is 1. The van der Waals surface area contributed by atoms with Gasteiger partial charge in [-0.25, -0.2) is 13.5 Å². The molecule has 1 aromatic heterocycles. The number of halogens is 5. The molecule has 1 N–H and O–H groups in total. The van der Waals surface area contributed by atoms with Crippen molar-refractivity contribution in [2.45, 2.75) is 19.2 Å². The zero-order valence-electron chi connectivity index (χ0n) is 13.6. The minimum Gasteiger partial charge on any atom is -0.406 e. The molecule has 0 radical (unpaired) electrons. The number of ether oxygens (including phenoxy) is 1. The minimum atomic E-state index is -4.79. The maximum Gasteiger partial charge on any atom is 0.573 e. The van der Waals surface area contributed by atoms with Crippen molar-refractivity contribution in [1.29, 1.82) is 0 Å². The van der Waals surface area contributed by atoms with Crippen molar-refractivity contribution in [3.63, 3.8) is 0 Å². The van der Waals surface area contributed by atoms with Crippen LogP contribution in [0, 0.1) is 0 Å². The van der Waals surface area contributed by atoms with Crippen LogP contribution in [0.5, 0.6) is 5.75 Å². The molecule has 10 heteroatoms. The molecule has 2 aromatic rings. The highest BCUT2D eigenvalue weighted by molar-refractivity contribution is 5.46. The molecule has 1 saturated heterocycles. The quantitative estimate of drug-likeness (QED) is 0.815. The van der Waals surface area contributed by atoms with Gasteiger partial charge in [0.2, 0.25) is 6.43 Å². The van der Waals surface area contributed by atoms with E-state index in [1.807, 2.05) is 4.90 Å². The number of anilines is 1. The summed E-state index contributed by atoms with van der Waals surface area (Å²) in [6.45, 7) is 2.92. The van der Waals surface area contributed by atoms with E-state index in [9.17, 15) is 22.0 Å². The molecule has 0 bridgehead atoms. The largest absolute Gasteiger partial charge is 0.573 e. The van der Waals surface area contributed by atoms with Crippen LogP contribution in [-0.4, -0.2) is 48.7 Å². The number of benzene rings is 1. The van der Waals surface area contributed by atoms with Crippen LogP contribution in [0.25, 0.3) is 5.69 Å². The lowest BCUT2D eigenvalue weighted by Gasteiger charge is -2.27. The average Bonchev–Trinajstić information content (AvgIpc) is 2.98. The maximum absolute atomic E-state index is 12.9. The zero-order valence-corrected chi connectivity index (χ0v) is 13.6. The third-order valence-electron chi connectivity index (χ3n) is 3.89. The van der Waals surface area contributed by atoms with Crippen LogP contribution in [0.1, 0.15) is 5.69 Å². The molecule has 3 rings (SSSR count). The van der Waals surface area contributed by atoms with Crippen LogP contribution in [-0.2, 0) is 6.42 Å². The molecule has 0 spiro atoms. The summed E-state index contributed by atoms with van der Waals surface area (Å²) in [4.78, 5) is 1.98. The molecule has 26 heavy (non-hydrogen) atoms. The Bertz CT molecular complexity index is 723. The highest BCUT2D eigenvalue weighted by Gasteiger charge is 2.31. The number of piperazine rings is 1. The molecule has 1 aromatic carbocycles. The number of alkyl halides is 5. The Morgan fingerprint density at radius 1 is 1.12 bits per heavy atom. The van der Waals surface area contributed by atoms with Crippen LogP contribution in [0.2, 0.25) is 0 Å². The van der Waals surface area contributed by atoms with Crippen molar-refractivity contribution in [2.24, 2.45) is 0 Å². The van der Waals surface area contributed by atoms with Gasteiger partial charge >= 0.3 is 6.36 Å². The molecule has 2 heterocycles. The second-order valence-corrected chi connectivity index (χ2v) is 5.78. The van der Waals surface area contributed by atoms with Crippen molar-refractivity contribution in [2.75, 3.05) is 31.1 Å². The van der Waals surface area contributed by atoms with Gasteiger partial charge in [0.05, 0.1) is 17.8 Å². The van der Waals surface area contributed by atoms with E-state index in [4.69, 9.17) is 0 Å². The molecule has 0 aliphatic carbocycles. The van der Waals surface area contributed by atoms with E-state index in [1.165, 1.54) is 16.8 Å². The molecular weight excluding hydrogens is 359 g/mol. The van der Waals surface area contributed by atoms with Crippen molar-refractivity contribution >= 4 is 5.82 Å². The fourth-order valence-corrected chi connectivity index (χ4v) is 2.77. The summed E-state index contributed by atoms with van der Waals surface area (Å²) in [6, 6.07) is 6.55. The van der Waals surface area contributed by atoms with Gasteiger partial charge in [-0.3, -0.25) is 0 Å². The predicted octanol–water partition coefficient (Wildman–Crippen LogP) is 2.99. The third-order valence-corrected chi connectivity index (χ3v) is 3.89. The predicted molar refractivity (Wildman–Crippen MR) is 85.0 cm³/mol. The van der Waals surface area contributed by atoms with Gasteiger partial charge in [-0.1, -0.05) is 0 Å². The molecule has 0 unspecified atom stereocenters. The Balaban J connectivity index is 1.88. The summed E-state index contributed by atoms with van der Waals surface area (Å²) in [7, 11) is 0. The molecule has 142 valence electrons. The zero-order chi connectivity index (χ0) is 18.7. The highest BCUT2D eigenvalue weighted by Crippen LogP contribution is 2.26. The van der Waals surface area contributed by atoms with Gasteiger partial charge in [-0.05, 0) is 24.3 Å². The standard InChI is InChI=1S/C16H17F5N4O/c17-14(18)9-12-10-15(24-7-5-22-6-8-24)23-25(12)11-1-3-13(4-2-11)26-16(19,20)21/h1-4,10,14,22H,5-9H2. The molecule has 0 atom stereocenters. The molecule has 1 fully saturated rings. The van der Waals surface area contributed by atoms with Crippen molar-refractivity contribution < 1.29 is 26.7 Å². The Morgan fingerprint density at radius 3 is 2.35 bits per heavy atom. The SMILES string of the molecule is FC(F)Cc1cc(N2CCNCC2)nn1-c1ccc(OC(F)(F)F)cc1. The summed E-state index contributed by atoms with van der Waals surface area (Å²) in [5.41, 5.74) is 0.676. The summed E-state index contributed by atoms with van der Waals surface area (Å²) in [5.74, 6) is 0.184. The second-order valence-electron chi connectivity index (χ2n) is 5.78. The number of aromatic nitrogens is 2. The maximum atomic E-state index is 12.9.